The molecule has 0 radical (unpaired) electrons. The second-order valence-corrected chi connectivity index (χ2v) is 10.7. The number of sulfonamides is 1. The van der Waals surface area contributed by atoms with Gasteiger partial charge in [0.15, 0.2) is 6.29 Å². The monoisotopic (exact) mass is 501 g/mol. The first-order chi connectivity index (χ1) is 15.8. The second kappa shape index (κ2) is 7.98. The summed E-state index contributed by atoms with van der Waals surface area (Å²) in [5.41, 5.74) is 0.140. The summed E-state index contributed by atoms with van der Waals surface area (Å²) in [6, 6.07) is 11.2. The largest absolute Gasteiger partial charge is 0.333 e. The minimum absolute atomic E-state index is 0.0165. The Bertz CT molecular complexity index is 1650. The van der Waals surface area contributed by atoms with Crippen molar-refractivity contribution < 1.29 is 13.2 Å². The summed E-state index contributed by atoms with van der Waals surface area (Å²) in [6.07, 6.45) is 1.98. The average Bonchev–Trinajstić information content (AvgIpc) is 3.22. The molecule has 0 fully saturated rings. The quantitative estimate of drug-likeness (QED) is 0.431. The summed E-state index contributed by atoms with van der Waals surface area (Å²) >= 11 is 7.33. The maximum absolute atomic E-state index is 13.6. The Morgan fingerprint density at radius 2 is 1.88 bits per heavy atom. The first-order valence-corrected chi connectivity index (χ1v) is 12.6. The smallest absolute Gasteiger partial charge is 0.306 e. The van der Waals surface area contributed by atoms with Gasteiger partial charge in [0.2, 0.25) is 0 Å². The van der Waals surface area contributed by atoms with Crippen molar-refractivity contribution in [3.05, 3.63) is 84.1 Å². The van der Waals surface area contributed by atoms with Crippen LogP contribution in [0.1, 0.15) is 21.7 Å². The summed E-state index contributed by atoms with van der Waals surface area (Å²) in [4.78, 5) is 39.8. The summed E-state index contributed by atoms with van der Waals surface area (Å²) < 4.78 is 29.2. The lowest BCUT2D eigenvalue weighted by atomic mass is 10.0. The summed E-state index contributed by atoms with van der Waals surface area (Å²) in [5, 5.41) is 1.56. The van der Waals surface area contributed by atoms with Gasteiger partial charge in [-0.05, 0) is 42.7 Å². The normalized spacial score (nSPS) is 13.8. The van der Waals surface area contributed by atoms with Gasteiger partial charge in [0, 0.05) is 11.9 Å². The Labute approximate surface area is 196 Å². The van der Waals surface area contributed by atoms with Crippen LogP contribution in [0.4, 0.5) is 5.69 Å². The summed E-state index contributed by atoms with van der Waals surface area (Å²) in [7, 11) is -4.00. The molecule has 8 nitrogen and oxygen atoms in total. The number of carbonyl (C=O) groups is 1. The Balaban J connectivity index is 1.70. The number of aromatic nitrogens is 2. The van der Waals surface area contributed by atoms with Crippen molar-refractivity contribution in [2.75, 3.05) is 10.8 Å². The molecule has 5 rings (SSSR count). The molecule has 0 saturated heterocycles. The van der Waals surface area contributed by atoms with Crippen molar-refractivity contribution in [3.8, 4) is 5.69 Å². The lowest BCUT2D eigenvalue weighted by Crippen LogP contribution is -2.36. The molecule has 0 bridgehead atoms. The number of rotatable bonds is 4. The number of anilines is 1. The highest BCUT2D eigenvalue weighted by molar-refractivity contribution is 7.92. The molecular weight excluding hydrogens is 486 g/mol. The zero-order chi connectivity index (χ0) is 23.3. The number of aromatic amines is 1. The van der Waals surface area contributed by atoms with Crippen molar-refractivity contribution in [2.24, 2.45) is 0 Å². The highest BCUT2D eigenvalue weighted by atomic mass is 35.5. The van der Waals surface area contributed by atoms with Crippen LogP contribution >= 0.6 is 22.9 Å². The molecule has 33 heavy (non-hydrogen) atoms. The number of carbonyl (C=O) groups excluding carboxylic acids is 1. The number of fused-ring (bicyclic) bond motifs is 2. The van der Waals surface area contributed by atoms with Gasteiger partial charge in [0.05, 0.1) is 37.1 Å². The lowest BCUT2D eigenvalue weighted by molar-refractivity contribution is 0.112. The lowest BCUT2D eigenvalue weighted by Gasteiger charge is -2.30. The number of nitrogens with zero attached hydrogens (tertiary/aromatic N) is 2. The zero-order valence-electron chi connectivity index (χ0n) is 16.9. The van der Waals surface area contributed by atoms with E-state index in [1.807, 2.05) is 12.1 Å². The van der Waals surface area contributed by atoms with E-state index < -0.39 is 21.3 Å². The van der Waals surface area contributed by atoms with Crippen LogP contribution in [0.3, 0.4) is 0 Å². The predicted octanol–water partition coefficient (Wildman–Crippen LogP) is 3.35. The van der Waals surface area contributed by atoms with E-state index >= 15 is 0 Å². The number of H-pyrrole nitrogens is 1. The number of hydrogen-bond acceptors (Lipinski definition) is 6. The van der Waals surface area contributed by atoms with Gasteiger partial charge < -0.3 is 4.98 Å². The Morgan fingerprint density at radius 1 is 1.09 bits per heavy atom. The maximum atomic E-state index is 13.6. The van der Waals surface area contributed by atoms with E-state index in [2.05, 4.69) is 4.98 Å². The summed E-state index contributed by atoms with van der Waals surface area (Å²) in [6.45, 7) is 0.307. The van der Waals surface area contributed by atoms with E-state index in [-0.39, 0.29) is 31.4 Å². The molecule has 0 saturated carbocycles. The SMILES string of the molecule is O=Cc1scc2[nH]c(=O)n(-c3cc(S(=O)(=O)N4CCCc5ccccc54)ccc3Cl)c(=O)c12. The number of halogens is 1. The number of para-hydroxylation sites is 1. The molecule has 0 atom stereocenters. The predicted molar refractivity (Wildman–Crippen MR) is 128 cm³/mol. The number of aldehydes is 1. The van der Waals surface area contributed by atoms with Gasteiger partial charge in [0.1, 0.15) is 0 Å². The molecule has 1 aliphatic rings. The molecular formula is C22H16ClN3O5S2. The summed E-state index contributed by atoms with van der Waals surface area (Å²) in [5.74, 6) is 0. The molecule has 168 valence electrons. The first kappa shape index (κ1) is 21.6. The Hall–Kier alpha value is -3.21. The third kappa shape index (κ3) is 3.41. The molecule has 3 heterocycles. The Morgan fingerprint density at radius 3 is 2.67 bits per heavy atom. The third-order valence-corrected chi connectivity index (χ3v) is 8.64. The fourth-order valence-electron chi connectivity index (χ4n) is 4.07. The molecule has 4 aromatic rings. The van der Waals surface area contributed by atoms with Crippen molar-refractivity contribution in [1.82, 2.24) is 9.55 Å². The van der Waals surface area contributed by atoms with E-state index in [1.165, 1.54) is 27.9 Å². The van der Waals surface area contributed by atoms with Crippen molar-refractivity contribution in [1.29, 1.82) is 0 Å². The van der Waals surface area contributed by atoms with Gasteiger partial charge in [-0.3, -0.25) is 13.9 Å². The molecule has 0 amide bonds. The van der Waals surface area contributed by atoms with Gasteiger partial charge in [-0.1, -0.05) is 29.8 Å². The number of thiophene rings is 1. The van der Waals surface area contributed by atoms with Gasteiger partial charge in [-0.15, -0.1) is 11.3 Å². The first-order valence-electron chi connectivity index (χ1n) is 9.95. The van der Waals surface area contributed by atoms with Crippen LogP contribution in [0.5, 0.6) is 0 Å². The highest BCUT2D eigenvalue weighted by Gasteiger charge is 2.30. The van der Waals surface area contributed by atoms with Crippen molar-refractivity contribution in [2.45, 2.75) is 17.7 Å². The van der Waals surface area contributed by atoms with E-state index in [0.29, 0.717) is 24.9 Å². The van der Waals surface area contributed by atoms with E-state index in [0.717, 1.165) is 27.9 Å². The molecule has 0 unspecified atom stereocenters. The van der Waals surface area contributed by atoms with Crippen LogP contribution in [0.15, 0.2) is 62.3 Å². The molecule has 2 aromatic carbocycles. The second-order valence-electron chi connectivity index (χ2n) is 7.50. The maximum Gasteiger partial charge on any atom is 0.333 e. The zero-order valence-corrected chi connectivity index (χ0v) is 19.3. The minimum atomic E-state index is -4.00. The van der Waals surface area contributed by atoms with Crippen LogP contribution in [-0.2, 0) is 16.4 Å². The van der Waals surface area contributed by atoms with Crippen LogP contribution in [0.2, 0.25) is 5.02 Å². The van der Waals surface area contributed by atoms with Crippen LogP contribution < -0.4 is 15.6 Å². The van der Waals surface area contributed by atoms with Gasteiger partial charge in [-0.25, -0.2) is 17.8 Å². The van der Waals surface area contributed by atoms with Gasteiger partial charge in [0.25, 0.3) is 15.6 Å². The fraction of sp³-hybridized carbons (Fsp3) is 0.136. The van der Waals surface area contributed by atoms with Crippen LogP contribution in [0.25, 0.3) is 16.6 Å². The third-order valence-electron chi connectivity index (χ3n) is 5.60. The standard InChI is InChI=1S/C22H16ClN3O5S2/c23-15-8-7-14(33(30,31)25-9-3-5-13-4-1-2-6-17(13)25)10-18(15)26-21(28)20-16(24-22(26)29)12-32-19(20)11-27/h1-2,4,6-8,10-12H,3,5,9H2,(H,24,29). The fourth-order valence-corrected chi connectivity index (χ4v) is 6.62. The van der Waals surface area contributed by atoms with Crippen LogP contribution in [-0.4, -0.2) is 30.8 Å². The topological polar surface area (TPSA) is 109 Å². The molecule has 0 spiro atoms. The van der Waals surface area contributed by atoms with Gasteiger partial charge in [-0.2, -0.15) is 0 Å². The number of hydrogen-bond donors (Lipinski definition) is 1. The van der Waals surface area contributed by atoms with E-state index in [4.69, 9.17) is 11.6 Å². The Kier molecular flexibility index (Phi) is 5.23. The average molecular weight is 502 g/mol. The number of benzene rings is 2. The minimum Gasteiger partial charge on any atom is -0.306 e. The molecule has 11 heteroatoms. The molecule has 1 aliphatic heterocycles. The number of aryl methyl sites for hydroxylation is 1. The molecule has 0 aliphatic carbocycles. The van der Waals surface area contributed by atoms with Crippen molar-refractivity contribution >= 4 is 55.8 Å². The van der Waals surface area contributed by atoms with E-state index in [9.17, 15) is 22.8 Å². The van der Waals surface area contributed by atoms with Crippen molar-refractivity contribution in [3.63, 3.8) is 0 Å². The van der Waals surface area contributed by atoms with Gasteiger partial charge >= 0.3 is 5.69 Å². The van der Waals surface area contributed by atoms with E-state index in [1.54, 1.807) is 12.1 Å². The number of nitrogens with one attached hydrogen (secondary N) is 1. The highest BCUT2D eigenvalue weighted by Crippen LogP contribution is 2.33. The van der Waals surface area contributed by atoms with Crippen LogP contribution in [0, 0.1) is 0 Å². The molecule has 2 aromatic heterocycles. The molecule has 1 N–H and O–H groups in total.